The van der Waals surface area contributed by atoms with Crippen molar-refractivity contribution < 1.29 is 9.59 Å². The summed E-state index contributed by atoms with van der Waals surface area (Å²) in [5.74, 6) is -0.812. The van der Waals surface area contributed by atoms with Gasteiger partial charge in [0.25, 0.3) is 5.56 Å². The molecule has 0 saturated carbocycles. The van der Waals surface area contributed by atoms with Gasteiger partial charge in [0.05, 0.1) is 28.1 Å². The largest absolute Gasteiger partial charge is 0.369 e. The van der Waals surface area contributed by atoms with Crippen molar-refractivity contribution in [2.24, 2.45) is 5.73 Å². The maximum atomic E-state index is 12.1. The molecule has 0 radical (unpaired) electrons. The van der Waals surface area contributed by atoms with Gasteiger partial charge in [0.2, 0.25) is 11.8 Å². The molecule has 0 unspecified atom stereocenters. The van der Waals surface area contributed by atoms with Crippen molar-refractivity contribution in [3.8, 4) is 0 Å². The number of nitrogens with two attached hydrogens (primary N) is 1. The topological polar surface area (TPSA) is 131 Å². The van der Waals surface area contributed by atoms with E-state index < -0.39 is 11.5 Å². The molecule has 25 heavy (non-hydrogen) atoms. The van der Waals surface area contributed by atoms with E-state index in [0.29, 0.717) is 5.13 Å². The first kappa shape index (κ1) is 17.1. The number of para-hydroxylation sites is 1. The maximum absolute atomic E-state index is 12.1. The number of carbonyl (C=O) groups excluding carboxylic acids is 2. The zero-order valence-electron chi connectivity index (χ0n) is 12.8. The second-order valence-corrected chi connectivity index (χ2v) is 7.00. The van der Waals surface area contributed by atoms with Gasteiger partial charge in [-0.25, -0.2) is 9.97 Å². The number of thioether (sulfide) groups is 1. The molecule has 3 aromatic rings. The number of amides is 2. The standard InChI is InChI=1S/C15H13N5O3S2/c16-11(21)5-8-6-12(22)19-14(17-8)24-7-13(23)20-15-18-9-3-1-2-4-10(9)25-15/h1-4,6H,5,7H2,(H2,16,21)(H,17,19,22)(H,18,20,23). The fraction of sp³-hybridized carbons (Fsp3) is 0.133. The van der Waals surface area contributed by atoms with Gasteiger partial charge in [0, 0.05) is 6.07 Å². The molecule has 2 amide bonds. The number of nitrogens with one attached hydrogen (secondary N) is 2. The first-order valence-corrected chi connectivity index (χ1v) is 8.96. The number of thiazole rings is 1. The Morgan fingerprint density at radius 1 is 1.28 bits per heavy atom. The van der Waals surface area contributed by atoms with Crippen LogP contribution < -0.4 is 16.6 Å². The molecule has 0 aliphatic rings. The molecule has 0 fully saturated rings. The number of carbonyl (C=O) groups is 2. The number of hydrogen-bond acceptors (Lipinski definition) is 7. The Bertz CT molecular complexity index is 965. The van der Waals surface area contributed by atoms with Crippen LogP contribution in [-0.4, -0.2) is 32.5 Å². The van der Waals surface area contributed by atoms with Gasteiger partial charge >= 0.3 is 0 Å². The fourth-order valence-electron chi connectivity index (χ4n) is 2.04. The molecular weight excluding hydrogens is 362 g/mol. The molecule has 0 spiro atoms. The van der Waals surface area contributed by atoms with Crippen molar-refractivity contribution in [2.45, 2.75) is 11.6 Å². The SMILES string of the molecule is NC(=O)Cc1cc(=O)[nH]c(SCC(=O)Nc2nc3ccccc3s2)n1. The molecule has 3 rings (SSSR count). The first-order chi connectivity index (χ1) is 12.0. The highest BCUT2D eigenvalue weighted by atomic mass is 32.2. The van der Waals surface area contributed by atoms with Gasteiger partial charge < -0.3 is 16.0 Å². The lowest BCUT2D eigenvalue weighted by Crippen LogP contribution is -2.19. The molecule has 4 N–H and O–H groups in total. The van der Waals surface area contributed by atoms with E-state index in [-0.39, 0.29) is 28.9 Å². The number of benzene rings is 1. The number of nitrogens with zero attached hydrogens (tertiary/aromatic N) is 2. The van der Waals surface area contributed by atoms with E-state index >= 15 is 0 Å². The Morgan fingerprint density at radius 2 is 2.08 bits per heavy atom. The quantitative estimate of drug-likeness (QED) is 0.437. The van der Waals surface area contributed by atoms with E-state index in [1.165, 1.54) is 17.4 Å². The molecule has 2 heterocycles. The summed E-state index contributed by atoms with van der Waals surface area (Å²) < 4.78 is 0.982. The van der Waals surface area contributed by atoms with Crippen LogP contribution in [0, 0.1) is 0 Å². The minimum absolute atomic E-state index is 0.0406. The van der Waals surface area contributed by atoms with Gasteiger partial charge in [-0.15, -0.1) is 0 Å². The number of fused-ring (bicyclic) bond motifs is 1. The monoisotopic (exact) mass is 375 g/mol. The van der Waals surface area contributed by atoms with Gasteiger partial charge in [0.1, 0.15) is 0 Å². The van der Waals surface area contributed by atoms with Crippen LogP contribution in [0.4, 0.5) is 5.13 Å². The highest BCUT2D eigenvalue weighted by molar-refractivity contribution is 7.99. The summed E-state index contributed by atoms with van der Waals surface area (Å²) in [4.78, 5) is 45.5. The van der Waals surface area contributed by atoms with E-state index in [9.17, 15) is 14.4 Å². The summed E-state index contributed by atoms with van der Waals surface area (Å²) in [6.07, 6.45) is -0.130. The number of primary amides is 1. The van der Waals surface area contributed by atoms with E-state index in [2.05, 4.69) is 20.3 Å². The Balaban J connectivity index is 1.63. The molecule has 8 nitrogen and oxygen atoms in total. The lowest BCUT2D eigenvalue weighted by Gasteiger charge is -2.03. The van der Waals surface area contributed by atoms with E-state index in [4.69, 9.17) is 5.73 Å². The predicted octanol–water partition coefficient (Wildman–Crippen LogP) is 1.14. The average molecular weight is 375 g/mol. The summed E-state index contributed by atoms with van der Waals surface area (Å²) in [5, 5.41) is 3.48. The second kappa shape index (κ2) is 7.45. The molecule has 0 aliphatic carbocycles. The van der Waals surface area contributed by atoms with Gasteiger partial charge in [0.15, 0.2) is 10.3 Å². The van der Waals surface area contributed by atoms with Crippen LogP contribution in [0.5, 0.6) is 0 Å². The van der Waals surface area contributed by atoms with Crippen molar-refractivity contribution in [3.05, 3.63) is 46.4 Å². The van der Waals surface area contributed by atoms with Crippen molar-refractivity contribution in [2.75, 3.05) is 11.1 Å². The predicted molar refractivity (Wildman–Crippen MR) is 96.7 cm³/mol. The van der Waals surface area contributed by atoms with Crippen LogP contribution in [-0.2, 0) is 16.0 Å². The Hall–Kier alpha value is -2.72. The fourth-order valence-corrected chi connectivity index (χ4v) is 3.61. The van der Waals surface area contributed by atoms with Crippen molar-refractivity contribution in [1.29, 1.82) is 0 Å². The molecule has 0 bridgehead atoms. The number of H-pyrrole nitrogens is 1. The lowest BCUT2D eigenvalue weighted by atomic mass is 10.3. The highest BCUT2D eigenvalue weighted by Gasteiger charge is 2.10. The van der Waals surface area contributed by atoms with Crippen LogP contribution >= 0.6 is 23.1 Å². The minimum atomic E-state index is -0.581. The normalized spacial score (nSPS) is 10.7. The van der Waals surface area contributed by atoms with E-state index in [0.717, 1.165) is 22.0 Å². The van der Waals surface area contributed by atoms with Crippen molar-refractivity contribution in [3.63, 3.8) is 0 Å². The summed E-state index contributed by atoms with van der Waals surface area (Å²) in [5.41, 5.74) is 5.78. The van der Waals surface area contributed by atoms with Crippen LogP contribution in [0.2, 0.25) is 0 Å². The average Bonchev–Trinajstić information content (AvgIpc) is 2.94. The van der Waals surface area contributed by atoms with Gasteiger partial charge in [-0.05, 0) is 12.1 Å². The number of hydrogen-bond donors (Lipinski definition) is 3. The van der Waals surface area contributed by atoms with Crippen molar-refractivity contribution >= 4 is 50.3 Å². The van der Waals surface area contributed by atoms with E-state index in [1.54, 1.807) is 0 Å². The van der Waals surface area contributed by atoms with Gasteiger partial charge in [-0.1, -0.05) is 35.2 Å². The van der Waals surface area contributed by atoms with Crippen LogP contribution in [0.1, 0.15) is 5.69 Å². The summed E-state index contributed by atoms with van der Waals surface area (Å²) in [6, 6.07) is 8.79. The first-order valence-electron chi connectivity index (χ1n) is 7.16. The molecule has 2 aromatic heterocycles. The van der Waals surface area contributed by atoms with Gasteiger partial charge in [-0.2, -0.15) is 0 Å². The Kier molecular flexibility index (Phi) is 5.10. The molecule has 0 atom stereocenters. The van der Waals surface area contributed by atoms with Crippen LogP contribution in [0.15, 0.2) is 40.3 Å². The molecule has 128 valence electrons. The maximum Gasteiger partial charge on any atom is 0.251 e. The molecule has 0 saturated heterocycles. The number of rotatable bonds is 6. The highest BCUT2D eigenvalue weighted by Crippen LogP contribution is 2.25. The van der Waals surface area contributed by atoms with Crippen LogP contribution in [0.25, 0.3) is 10.2 Å². The lowest BCUT2D eigenvalue weighted by molar-refractivity contribution is -0.117. The van der Waals surface area contributed by atoms with Gasteiger partial charge in [-0.3, -0.25) is 14.4 Å². The third kappa shape index (κ3) is 4.64. The van der Waals surface area contributed by atoms with E-state index in [1.807, 2.05) is 24.3 Å². The molecule has 1 aromatic carbocycles. The smallest absolute Gasteiger partial charge is 0.251 e. The number of aromatic nitrogens is 3. The van der Waals surface area contributed by atoms with Crippen LogP contribution in [0.3, 0.4) is 0 Å². The Labute approximate surface area is 149 Å². The number of aromatic amines is 1. The zero-order chi connectivity index (χ0) is 17.8. The third-order valence-corrected chi connectivity index (χ3v) is 4.83. The Morgan fingerprint density at radius 3 is 2.84 bits per heavy atom. The molecule has 10 heteroatoms. The summed E-state index contributed by atoms with van der Waals surface area (Å²) >= 11 is 2.44. The van der Waals surface area contributed by atoms with Crippen molar-refractivity contribution in [1.82, 2.24) is 15.0 Å². The zero-order valence-corrected chi connectivity index (χ0v) is 14.4. The summed E-state index contributed by atoms with van der Waals surface area (Å²) in [7, 11) is 0. The minimum Gasteiger partial charge on any atom is -0.369 e. The number of anilines is 1. The summed E-state index contributed by atoms with van der Waals surface area (Å²) in [6.45, 7) is 0. The molecule has 0 aliphatic heterocycles. The third-order valence-electron chi connectivity index (χ3n) is 3.01. The molecular formula is C15H13N5O3S2. The second-order valence-electron chi connectivity index (χ2n) is 5.01.